The van der Waals surface area contributed by atoms with E-state index in [0.717, 1.165) is 44.7 Å². The van der Waals surface area contributed by atoms with Crippen LogP contribution >= 0.6 is 0 Å². The molecule has 0 N–H and O–H groups in total. The number of hydrogen-bond acceptors (Lipinski definition) is 3. The Morgan fingerprint density at radius 3 is 1.53 bits per heavy atom. The van der Waals surface area contributed by atoms with Crippen LogP contribution in [-0.4, -0.2) is 19.6 Å². The van der Waals surface area contributed by atoms with Crippen molar-refractivity contribution in [3.05, 3.63) is 182 Å². The van der Waals surface area contributed by atoms with Gasteiger partial charge in [0.2, 0.25) is 0 Å². The molecule has 53 heavy (non-hydrogen) atoms. The molecule has 9 aromatic carbocycles. The summed E-state index contributed by atoms with van der Waals surface area (Å²) in [6, 6.07) is 65.0. The zero-order chi connectivity index (χ0) is 34.9. The Bertz CT molecular complexity index is 3230. The van der Waals surface area contributed by atoms with Crippen molar-refractivity contribution in [2.75, 3.05) is 0 Å². The molecule has 0 amide bonds. The van der Waals surface area contributed by atoms with Gasteiger partial charge in [0, 0.05) is 16.5 Å². The third kappa shape index (κ3) is 4.66. The van der Waals surface area contributed by atoms with E-state index in [9.17, 15) is 0 Å². The van der Waals surface area contributed by atoms with E-state index in [2.05, 4.69) is 156 Å². The van der Waals surface area contributed by atoms with E-state index < -0.39 is 0 Å². The maximum absolute atomic E-state index is 5.34. The molecule has 0 radical (unpaired) electrons. The van der Waals surface area contributed by atoms with Crippen LogP contribution in [0.4, 0.5) is 0 Å². The van der Waals surface area contributed by atoms with Crippen molar-refractivity contribution in [2.45, 2.75) is 0 Å². The van der Waals surface area contributed by atoms with E-state index >= 15 is 0 Å². The molecule has 11 aromatic rings. The lowest BCUT2D eigenvalue weighted by atomic mass is 9.84. The van der Waals surface area contributed by atoms with Crippen LogP contribution in [0.3, 0.4) is 0 Å². The maximum atomic E-state index is 5.34. The molecule has 2 aromatic heterocycles. The number of para-hydroxylation sites is 1. The van der Waals surface area contributed by atoms with Crippen molar-refractivity contribution >= 4 is 59.6 Å². The van der Waals surface area contributed by atoms with E-state index in [0.29, 0.717) is 0 Å². The van der Waals surface area contributed by atoms with Gasteiger partial charge < -0.3 is 0 Å². The zero-order valence-electron chi connectivity index (χ0n) is 28.6. The molecule has 0 aliphatic heterocycles. The SMILES string of the molecule is c1ccc(-c2nnc3c4ccccc4nc(-c4ccc5c(-c6ccc7ccccc7c6)c6ccccc6c(-c6ccc7ccccc7c6)c5c4)n23)cc1. The molecule has 4 nitrogen and oxygen atoms in total. The molecular weight excluding hydrogens is 645 g/mol. The van der Waals surface area contributed by atoms with Crippen LogP contribution in [0.2, 0.25) is 0 Å². The van der Waals surface area contributed by atoms with Gasteiger partial charge in [0.25, 0.3) is 0 Å². The average Bonchev–Trinajstić information content (AvgIpc) is 3.68. The molecule has 0 aliphatic rings. The number of hydrogen-bond donors (Lipinski definition) is 0. The number of aromatic nitrogens is 4. The highest BCUT2D eigenvalue weighted by atomic mass is 15.3. The smallest absolute Gasteiger partial charge is 0.172 e. The summed E-state index contributed by atoms with van der Waals surface area (Å²) in [5.41, 5.74) is 8.45. The predicted molar refractivity (Wildman–Crippen MR) is 220 cm³/mol. The number of nitrogens with zero attached hydrogens (tertiary/aromatic N) is 4. The van der Waals surface area contributed by atoms with Gasteiger partial charge in [-0.15, -0.1) is 10.2 Å². The minimum absolute atomic E-state index is 0.763. The quantitative estimate of drug-likeness (QED) is 0.175. The molecule has 0 fully saturated rings. The molecule has 0 unspecified atom stereocenters. The molecule has 0 saturated carbocycles. The van der Waals surface area contributed by atoms with Crippen LogP contribution in [0.25, 0.3) is 105 Å². The van der Waals surface area contributed by atoms with Gasteiger partial charge >= 0.3 is 0 Å². The van der Waals surface area contributed by atoms with Gasteiger partial charge in [0.15, 0.2) is 11.5 Å². The van der Waals surface area contributed by atoms with E-state index in [-0.39, 0.29) is 0 Å². The van der Waals surface area contributed by atoms with Gasteiger partial charge in [-0.25, -0.2) is 4.98 Å². The maximum Gasteiger partial charge on any atom is 0.172 e. The highest BCUT2D eigenvalue weighted by Crippen LogP contribution is 2.46. The number of fused-ring (bicyclic) bond motifs is 7. The Hall–Kier alpha value is -7.17. The minimum atomic E-state index is 0.763. The van der Waals surface area contributed by atoms with Crippen LogP contribution in [0.1, 0.15) is 0 Å². The standard InChI is InChI=1S/C49H30N4/c1-2-14-33(15-3-1)48-51-52-49-42-20-10-11-21-44(42)50-47(53(48)49)38-26-27-41-43(30-38)46(37-25-23-32-13-5-7-17-35(32)29-37)40-19-9-8-18-39(40)45(41)36-24-22-31-12-4-6-16-34(31)28-36/h1-30H. The summed E-state index contributed by atoms with van der Waals surface area (Å²) in [5.74, 6) is 1.56. The summed E-state index contributed by atoms with van der Waals surface area (Å²) in [6.45, 7) is 0. The molecule has 0 spiro atoms. The molecule has 0 saturated heterocycles. The predicted octanol–water partition coefficient (Wildman–Crippen LogP) is 12.6. The Labute approximate surface area is 305 Å². The topological polar surface area (TPSA) is 43.1 Å². The van der Waals surface area contributed by atoms with Crippen molar-refractivity contribution in [1.29, 1.82) is 0 Å². The van der Waals surface area contributed by atoms with Gasteiger partial charge in [0.1, 0.15) is 5.82 Å². The highest BCUT2D eigenvalue weighted by Gasteiger charge is 2.21. The first-order valence-corrected chi connectivity index (χ1v) is 17.9. The fraction of sp³-hybridized carbons (Fsp3) is 0. The lowest BCUT2D eigenvalue weighted by molar-refractivity contribution is 1.10. The fourth-order valence-electron chi connectivity index (χ4n) is 8.18. The monoisotopic (exact) mass is 674 g/mol. The number of rotatable bonds is 4. The number of benzene rings is 9. The Kier molecular flexibility index (Phi) is 6.52. The summed E-state index contributed by atoms with van der Waals surface area (Å²) in [6.07, 6.45) is 0. The first kappa shape index (κ1) is 29.5. The summed E-state index contributed by atoms with van der Waals surface area (Å²) in [5, 5.41) is 20.2. The molecule has 0 atom stereocenters. The van der Waals surface area contributed by atoms with Gasteiger partial charge in [-0.05, 0) is 95.7 Å². The highest BCUT2D eigenvalue weighted by molar-refractivity contribution is 6.22. The van der Waals surface area contributed by atoms with E-state index in [1.54, 1.807) is 0 Å². The Morgan fingerprint density at radius 1 is 0.321 bits per heavy atom. The van der Waals surface area contributed by atoms with Gasteiger partial charge in [-0.1, -0.05) is 152 Å². The van der Waals surface area contributed by atoms with Crippen LogP contribution in [0.5, 0.6) is 0 Å². The first-order valence-electron chi connectivity index (χ1n) is 17.9. The summed E-state index contributed by atoms with van der Waals surface area (Å²) in [4.78, 5) is 5.34. The van der Waals surface area contributed by atoms with Crippen molar-refractivity contribution in [3.8, 4) is 45.0 Å². The second kappa shape index (κ2) is 11.7. The van der Waals surface area contributed by atoms with Crippen molar-refractivity contribution < 1.29 is 0 Å². The van der Waals surface area contributed by atoms with Gasteiger partial charge in [-0.3, -0.25) is 4.40 Å². The summed E-state index contributed by atoms with van der Waals surface area (Å²) in [7, 11) is 0. The van der Waals surface area contributed by atoms with E-state index in [1.807, 2.05) is 30.3 Å². The zero-order valence-corrected chi connectivity index (χ0v) is 28.6. The van der Waals surface area contributed by atoms with Gasteiger partial charge in [0.05, 0.1) is 5.52 Å². The summed E-state index contributed by atoms with van der Waals surface area (Å²) < 4.78 is 2.12. The molecule has 11 rings (SSSR count). The van der Waals surface area contributed by atoms with Crippen LogP contribution in [0, 0.1) is 0 Å². The van der Waals surface area contributed by atoms with E-state index in [1.165, 1.54) is 60.0 Å². The average molecular weight is 675 g/mol. The van der Waals surface area contributed by atoms with Crippen LogP contribution in [0.15, 0.2) is 182 Å². The Balaban J connectivity index is 1.27. The van der Waals surface area contributed by atoms with Crippen LogP contribution < -0.4 is 0 Å². The molecule has 0 aliphatic carbocycles. The molecular formula is C49H30N4. The largest absolute Gasteiger partial charge is 0.258 e. The van der Waals surface area contributed by atoms with Gasteiger partial charge in [-0.2, -0.15) is 0 Å². The third-order valence-electron chi connectivity index (χ3n) is 10.6. The minimum Gasteiger partial charge on any atom is -0.258 e. The first-order chi connectivity index (χ1) is 26.3. The van der Waals surface area contributed by atoms with E-state index in [4.69, 9.17) is 15.2 Å². The second-order valence-corrected chi connectivity index (χ2v) is 13.7. The second-order valence-electron chi connectivity index (χ2n) is 13.7. The van der Waals surface area contributed by atoms with Crippen molar-refractivity contribution in [2.24, 2.45) is 0 Å². The molecule has 0 bridgehead atoms. The lowest BCUT2D eigenvalue weighted by Gasteiger charge is -2.19. The molecule has 246 valence electrons. The van der Waals surface area contributed by atoms with Crippen molar-refractivity contribution in [1.82, 2.24) is 19.6 Å². The lowest BCUT2D eigenvalue weighted by Crippen LogP contribution is -2.00. The fourth-order valence-corrected chi connectivity index (χ4v) is 8.18. The third-order valence-corrected chi connectivity index (χ3v) is 10.6. The summed E-state index contributed by atoms with van der Waals surface area (Å²) >= 11 is 0. The van der Waals surface area contributed by atoms with Crippen LogP contribution in [-0.2, 0) is 0 Å². The normalized spacial score (nSPS) is 11.8. The van der Waals surface area contributed by atoms with Crippen molar-refractivity contribution in [3.63, 3.8) is 0 Å². The Morgan fingerprint density at radius 2 is 0.849 bits per heavy atom. The molecule has 4 heteroatoms. The molecule has 2 heterocycles.